The maximum absolute atomic E-state index is 3.98. The number of pyridine rings is 1. The summed E-state index contributed by atoms with van der Waals surface area (Å²) >= 11 is 0. The molecule has 0 aliphatic rings. The summed E-state index contributed by atoms with van der Waals surface area (Å²) in [5.74, 6) is 2.18. The summed E-state index contributed by atoms with van der Waals surface area (Å²) in [5.41, 5.74) is 6.65. The summed E-state index contributed by atoms with van der Waals surface area (Å²) in [6.07, 6.45) is 27.5. The molecule has 10 aromatic rings. The van der Waals surface area contributed by atoms with Crippen LogP contribution in [0.2, 0.25) is 0 Å². The minimum atomic E-state index is 0.648. The van der Waals surface area contributed by atoms with Crippen molar-refractivity contribution in [3.8, 4) is 0 Å². The quantitative estimate of drug-likeness (QED) is 0.196. The molecule has 0 aliphatic carbocycles. The molecule has 0 fully saturated rings. The Morgan fingerprint density at radius 1 is 0.243 bits per heavy atom. The fourth-order valence-electron chi connectivity index (χ4n) is 3.40. The molecule has 0 unspecified atom stereocenters. The van der Waals surface area contributed by atoms with Gasteiger partial charge >= 0.3 is 0 Å². The average Bonchev–Trinajstić information content (AvgIpc) is 3.38. The van der Waals surface area contributed by atoms with Crippen LogP contribution in [0.3, 0.4) is 0 Å². The average molecular weight is 946 g/mol. The molecule has 0 amide bonds. The zero-order valence-electron chi connectivity index (χ0n) is 40.6. The van der Waals surface area contributed by atoms with E-state index in [0.29, 0.717) is 11.6 Å². The highest BCUT2D eigenvalue weighted by Crippen LogP contribution is 1.87. The van der Waals surface area contributed by atoms with Crippen LogP contribution < -0.4 is 0 Å². The van der Waals surface area contributed by atoms with Gasteiger partial charge in [0.25, 0.3) is 0 Å². The molecular weight excluding hydrogens is 891 g/mol. The van der Waals surface area contributed by atoms with E-state index in [0.717, 1.165) is 45.7 Å². The van der Waals surface area contributed by atoms with Crippen molar-refractivity contribution in [1.29, 1.82) is 0 Å². The highest BCUT2D eigenvalue weighted by atomic mass is 15.3. The monoisotopic (exact) mass is 946 g/mol. The Balaban J connectivity index is 0.000000389. The predicted octanol–water partition coefficient (Wildman–Crippen LogP) is 4.83. The van der Waals surface area contributed by atoms with E-state index in [1.807, 2.05) is 91.8 Å². The van der Waals surface area contributed by atoms with Gasteiger partial charge in [-0.1, -0.05) is 6.07 Å². The van der Waals surface area contributed by atoms with Gasteiger partial charge in [0.05, 0.1) is 53.3 Å². The van der Waals surface area contributed by atoms with Crippen molar-refractivity contribution in [2.45, 2.75) is 69.2 Å². The van der Waals surface area contributed by atoms with Crippen LogP contribution >= 0.6 is 0 Å². The standard InChI is InChI=1S/C6H7N.4C5H6N2.4C4H5N3.C3H4N4/c1-6-4-2-3-5-7-6;1-5-4-6-2-3-7-5;1-5-2-3-6-4-7-5;1-5-6-3-2-4-7-5;1-5-3-2-4-6-7-5;1-4-2-6-7-3-5-4;1-4-2-5-3-6-7-4;1-4-5-2-3-6-7-4;1-4-2-3-5-7-6-4;1-3-4-2-5-7-6-3/h2-5H,1H3;4*2-4H,1H3;4*2-3H,1H3;2H,1H3. The Bertz CT molecular complexity index is 1990. The smallest absolute Gasteiger partial charge is 0.151 e. The first-order valence-electron chi connectivity index (χ1n) is 20.6. The van der Waals surface area contributed by atoms with E-state index >= 15 is 0 Å². The summed E-state index contributed by atoms with van der Waals surface area (Å²) in [4.78, 5) is 42.1. The van der Waals surface area contributed by atoms with E-state index in [4.69, 9.17) is 0 Å². The van der Waals surface area contributed by atoms with Crippen LogP contribution in [-0.4, -0.2) is 126 Å². The number of hydrogen-bond acceptors (Lipinski definition) is 25. The van der Waals surface area contributed by atoms with Crippen LogP contribution in [0.5, 0.6) is 0 Å². The van der Waals surface area contributed by atoms with Crippen LogP contribution in [0, 0.1) is 69.2 Å². The van der Waals surface area contributed by atoms with Crippen molar-refractivity contribution in [2.24, 2.45) is 0 Å². The summed E-state index contributed by atoms with van der Waals surface area (Å²) in [6.45, 7) is 18.7. The molecule has 0 aliphatic heterocycles. The van der Waals surface area contributed by atoms with Crippen LogP contribution in [0.15, 0.2) is 154 Å². The zero-order chi connectivity index (χ0) is 51.1. The van der Waals surface area contributed by atoms with Crippen LogP contribution in [0.25, 0.3) is 0 Å². The molecule has 0 spiro atoms. The Morgan fingerprint density at radius 3 is 1.13 bits per heavy atom. The van der Waals surface area contributed by atoms with Crippen molar-refractivity contribution in [1.82, 2.24) is 126 Å². The van der Waals surface area contributed by atoms with Gasteiger partial charge in [0.2, 0.25) is 0 Å². The lowest BCUT2D eigenvalue weighted by atomic mass is 10.4. The molecule has 10 aromatic heterocycles. The normalized spacial score (nSPS) is 8.71. The van der Waals surface area contributed by atoms with Crippen molar-refractivity contribution >= 4 is 0 Å². The molecule has 0 saturated carbocycles. The molecule has 360 valence electrons. The molecule has 0 aromatic carbocycles. The van der Waals surface area contributed by atoms with E-state index in [2.05, 4.69) is 126 Å². The lowest BCUT2D eigenvalue weighted by molar-refractivity contribution is 0.783. The Morgan fingerprint density at radius 2 is 0.843 bits per heavy atom. The molecular formula is C45H55N25. The first kappa shape index (κ1) is 58.5. The number of rotatable bonds is 0. The number of nitrogens with zero attached hydrogens (tertiary/aromatic N) is 25. The molecule has 10 rings (SSSR count). The molecule has 10 heterocycles. The van der Waals surface area contributed by atoms with Gasteiger partial charge < -0.3 is 0 Å². The number of aromatic nitrogens is 25. The second-order valence-corrected chi connectivity index (χ2v) is 12.9. The largest absolute Gasteiger partial charge is 0.262 e. The fourth-order valence-corrected chi connectivity index (χ4v) is 3.40. The van der Waals surface area contributed by atoms with E-state index in [1.165, 1.54) is 25.3 Å². The molecule has 0 bridgehead atoms. The first-order valence-corrected chi connectivity index (χ1v) is 20.6. The van der Waals surface area contributed by atoms with Gasteiger partial charge in [0.1, 0.15) is 37.0 Å². The van der Waals surface area contributed by atoms with Crippen LogP contribution in [-0.2, 0) is 0 Å². The molecule has 0 saturated heterocycles. The third-order valence-electron chi connectivity index (χ3n) is 6.63. The van der Waals surface area contributed by atoms with Crippen molar-refractivity contribution in [3.63, 3.8) is 0 Å². The van der Waals surface area contributed by atoms with Gasteiger partial charge in [-0.3, -0.25) is 15.0 Å². The first-order chi connectivity index (χ1) is 33.9. The molecule has 70 heavy (non-hydrogen) atoms. The summed E-state index contributed by atoms with van der Waals surface area (Å²) in [6, 6.07) is 15.1. The van der Waals surface area contributed by atoms with E-state index in [9.17, 15) is 0 Å². The minimum absolute atomic E-state index is 0.648. The van der Waals surface area contributed by atoms with Crippen LogP contribution in [0.4, 0.5) is 0 Å². The molecule has 0 atom stereocenters. The van der Waals surface area contributed by atoms with Gasteiger partial charge in [0.15, 0.2) is 5.82 Å². The van der Waals surface area contributed by atoms with E-state index in [-0.39, 0.29) is 0 Å². The molecule has 0 N–H and O–H groups in total. The summed E-state index contributed by atoms with van der Waals surface area (Å²) in [7, 11) is 0. The predicted molar refractivity (Wildman–Crippen MR) is 257 cm³/mol. The number of hydrogen-bond donors (Lipinski definition) is 0. The van der Waals surface area contributed by atoms with Crippen molar-refractivity contribution in [2.75, 3.05) is 0 Å². The topological polar surface area (TPSA) is 322 Å². The summed E-state index contributed by atoms with van der Waals surface area (Å²) in [5, 5.41) is 49.5. The van der Waals surface area contributed by atoms with E-state index < -0.39 is 0 Å². The van der Waals surface area contributed by atoms with Crippen molar-refractivity contribution < 1.29 is 0 Å². The highest BCUT2D eigenvalue weighted by Gasteiger charge is 1.81. The molecule has 25 nitrogen and oxygen atoms in total. The molecule has 25 heteroatoms. The number of aryl methyl sites for hydroxylation is 10. The van der Waals surface area contributed by atoms with Gasteiger partial charge in [0, 0.05) is 67.2 Å². The van der Waals surface area contributed by atoms with Gasteiger partial charge in [-0.15, -0.1) is 35.7 Å². The van der Waals surface area contributed by atoms with Crippen LogP contribution in [0.1, 0.15) is 57.3 Å². The lowest BCUT2D eigenvalue weighted by Crippen LogP contribution is -1.90. The highest BCUT2D eigenvalue weighted by molar-refractivity contribution is 5.00. The second-order valence-electron chi connectivity index (χ2n) is 12.9. The van der Waals surface area contributed by atoms with Gasteiger partial charge in [-0.05, 0) is 122 Å². The molecule has 0 radical (unpaired) electrons. The minimum Gasteiger partial charge on any atom is -0.262 e. The third kappa shape index (κ3) is 38.9. The fraction of sp³-hybridized carbons (Fsp3) is 0.222. The maximum Gasteiger partial charge on any atom is 0.151 e. The van der Waals surface area contributed by atoms with Gasteiger partial charge in [-0.25, -0.2) is 39.9 Å². The van der Waals surface area contributed by atoms with Crippen molar-refractivity contribution in [3.05, 3.63) is 212 Å². The zero-order valence-corrected chi connectivity index (χ0v) is 40.6. The second kappa shape index (κ2) is 40.9. The SMILES string of the molecule is Cc1ccccn1.Cc1cccnn1.Cc1ccncn1.Cc1ccnnn1.Cc1cnccn1.Cc1cncnn1.Cc1cnncn1.Cc1ncccn1.Cc1nccnn1.Cc1ncnnn1. The van der Waals surface area contributed by atoms with E-state index in [1.54, 1.807) is 107 Å². The van der Waals surface area contributed by atoms with Gasteiger partial charge in [-0.2, -0.15) is 25.5 Å². The summed E-state index contributed by atoms with van der Waals surface area (Å²) < 4.78 is 0. The Kier molecular flexibility index (Phi) is 34.2. The lowest BCUT2D eigenvalue weighted by Gasteiger charge is -1.82. The third-order valence-corrected chi connectivity index (χ3v) is 6.63. The Labute approximate surface area is 406 Å². The Hall–Kier alpha value is -9.55. The maximum atomic E-state index is 3.98.